The summed E-state index contributed by atoms with van der Waals surface area (Å²) in [5.41, 5.74) is 4.49. The van der Waals surface area contributed by atoms with Crippen molar-refractivity contribution in [2.45, 2.75) is 37.9 Å². The van der Waals surface area contributed by atoms with Crippen LogP contribution in [0.2, 0.25) is 0 Å². The lowest BCUT2D eigenvalue weighted by molar-refractivity contribution is -0.136. The first kappa shape index (κ1) is 24.0. The van der Waals surface area contributed by atoms with Crippen LogP contribution in [0.5, 0.6) is 0 Å². The normalized spacial score (nSPS) is 19.8. The van der Waals surface area contributed by atoms with E-state index in [0.717, 1.165) is 35.8 Å². The lowest BCUT2D eigenvalue weighted by Gasteiger charge is -2.39. The Labute approximate surface area is 219 Å². The predicted molar refractivity (Wildman–Crippen MR) is 139 cm³/mol. The van der Waals surface area contributed by atoms with Crippen LogP contribution < -0.4 is 10.6 Å². The van der Waals surface area contributed by atoms with Crippen molar-refractivity contribution in [1.29, 1.82) is 0 Å². The van der Waals surface area contributed by atoms with Crippen molar-refractivity contribution in [3.8, 4) is 0 Å². The molecular formula is C29H27N5O4. The maximum absolute atomic E-state index is 13.3. The second-order valence-electron chi connectivity index (χ2n) is 9.99. The molecular weight excluding hydrogens is 482 g/mol. The van der Waals surface area contributed by atoms with Crippen molar-refractivity contribution < 1.29 is 19.2 Å². The summed E-state index contributed by atoms with van der Waals surface area (Å²) < 4.78 is 0. The van der Waals surface area contributed by atoms with Gasteiger partial charge in [0.2, 0.25) is 11.8 Å². The Kier molecular flexibility index (Phi) is 6.21. The number of benzene rings is 2. The molecule has 0 aliphatic carbocycles. The highest BCUT2D eigenvalue weighted by molar-refractivity contribution is 6.25. The molecule has 1 aromatic heterocycles. The molecule has 4 heterocycles. The minimum atomic E-state index is -0.980. The van der Waals surface area contributed by atoms with Gasteiger partial charge in [0.15, 0.2) is 0 Å². The smallest absolute Gasteiger partial charge is 0.264 e. The summed E-state index contributed by atoms with van der Waals surface area (Å²) in [4.78, 5) is 58.0. The second kappa shape index (κ2) is 9.83. The van der Waals surface area contributed by atoms with Gasteiger partial charge in [-0.2, -0.15) is 0 Å². The molecule has 6 rings (SSSR count). The van der Waals surface area contributed by atoms with E-state index in [1.807, 2.05) is 18.3 Å². The summed E-state index contributed by atoms with van der Waals surface area (Å²) in [6.07, 6.45) is 2.07. The topological polar surface area (TPSA) is 112 Å². The summed E-state index contributed by atoms with van der Waals surface area (Å²) in [5, 5.41) is 5.51. The Morgan fingerprint density at radius 3 is 2.42 bits per heavy atom. The van der Waals surface area contributed by atoms with E-state index in [4.69, 9.17) is 0 Å². The van der Waals surface area contributed by atoms with E-state index in [9.17, 15) is 19.2 Å². The maximum Gasteiger partial charge on any atom is 0.264 e. The number of rotatable bonds is 7. The Hall–Kier alpha value is -4.37. The number of amides is 4. The highest BCUT2D eigenvalue weighted by Crippen LogP contribution is 2.33. The number of carbonyl (C=O) groups excluding carboxylic acids is 4. The fourth-order valence-corrected chi connectivity index (χ4v) is 5.38. The van der Waals surface area contributed by atoms with E-state index in [1.54, 1.807) is 18.2 Å². The van der Waals surface area contributed by atoms with Gasteiger partial charge in [0.1, 0.15) is 6.04 Å². The summed E-state index contributed by atoms with van der Waals surface area (Å²) in [5.74, 6) is -1.54. The largest absolute Gasteiger partial charge is 0.380 e. The predicted octanol–water partition coefficient (Wildman–Crippen LogP) is 2.69. The van der Waals surface area contributed by atoms with Crippen molar-refractivity contribution in [3.63, 3.8) is 0 Å². The van der Waals surface area contributed by atoms with Gasteiger partial charge in [0.25, 0.3) is 11.8 Å². The third-order valence-corrected chi connectivity index (χ3v) is 7.44. The van der Waals surface area contributed by atoms with Crippen molar-refractivity contribution in [2.24, 2.45) is 0 Å². The highest BCUT2D eigenvalue weighted by Gasteiger charge is 2.45. The van der Waals surface area contributed by atoms with E-state index in [0.29, 0.717) is 18.2 Å². The first-order valence-corrected chi connectivity index (χ1v) is 12.8. The van der Waals surface area contributed by atoms with Crippen molar-refractivity contribution in [3.05, 3.63) is 94.8 Å². The van der Waals surface area contributed by atoms with E-state index >= 15 is 0 Å². The van der Waals surface area contributed by atoms with E-state index in [-0.39, 0.29) is 24.0 Å². The summed E-state index contributed by atoms with van der Waals surface area (Å²) >= 11 is 0. The van der Waals surface area contributed by atoms with Crippen LogP contribution in [0, 0.1) is 0 Å². The first-order valence-electron chi connectivity index (χ1n) is 12.8. The molecule has 0 radical (unpaired) electrons. The molecule has 3 aliphatic rings. The van der Waals surface area contributed by atoms with Gasteiger partial charge in [0, 0.05) is 56.1 Å². The number of likely N-dealkylation sites (tertiary alicyclic amines) is 1. The maximum atomic E-state index is 13.3. The average molecular weight is 510 g/mol. The number of nitrogens with zero attached hydrogens (tertiary/aromatic N) is 3. The number of hydrogen-bond acceptors (Lipinski definition) is 7. The summed E-state index contributed by atoms with van der Waals surface area (Å²) in [6.45, 7) is 3.36. The van der Waals surface area contributed by atoms with Crippen LogP contribution in [-0.4, -0.2) is 57.5 Å². The third kappa shape index (κ3) is 4.45. The van der Waals surface area contributed by atoms with Gasteiger partial charge >= 0.3 is 0 Å². The Balaban J connectivity index is 1.08. The molecule has 4 amide bonds. The van der Waals surface area contributed by atoms with Gasteiger partial charge in [-0.3, -0.25) is 39.3 Å². The van der Waals surface area contributed by atoms with Crippen LogP contribution in [0.25, 0.3) is 0 Å². The summed E-state index contributed by atoms with van der Waals surface area (Å²) in [7, 11) is 0. The highest BCUT2D eigenvalue weighted by atomic mass is 16.2. The fourth-order valence-electron chi connectivity index (χ4n) is 5.38. The molecule has 2 N–H and O–H groups in total. The van der Waals surface area contributed by atoms with Crippen LogP contribution in [0.4, 0.5) is 5.69 Å². The number of anilines is 1. The zero-order chi connectivity index (χ0) is 26.2. The number of hydrogen-bond donors (Lipinski definition) is 2. The number of fused-ring (bicyclic) bond motifs is 1. The minimum absolute atomic E-state index is 0.0908. The minimum Gasteiger partial charge on any atom is -0.380 e. The monoisotopic (exact) mass is 509 g/mol. The Bertz CT molecular complexity index is 1420. The summed E-state index contributed by atoms with van der Waals surface area (Å²) in [6, 6.07) is 18.5. The molecule has 9 nitrogen and oxygen atoms in total. The molecule has 2 fully saturated rings. The molecule has 2 aromatic carbocycles. The molecule has 1 atom stereocenters. The van der Waals surface area contributed by atoms with Gasteiger partial charge in [-0.1, -0.05) is 36.4 Å². The third-order valence-electron chi connectivity index (χ3n) is 7.44. The van der Waals surface area contributed by atoms with Crippen molar-refractivity contribution >= 4 is 29.3 Å². The van der Waals surface area contributed by atoms with E-state index in [2.05, 4.69) is 50.8 Å². The van der Waals surface area contributed by atoms with Crippen molar-refractivity contribution in [1.82, 2.24) is 20.1 Å². The van der Waals surface area contributed by atoms with Gasteiger partial charge in [0.05, 0.1) is 11.1 Å². The van der Waals surface area contributed by atoms with Crippen molar-refractivity contribution in [2.75, 3.05) is 18.4 Å². The van der Waals surface area contributed by atoms with Crippen LogP contribution in [0.15, 0.2) is 66.9 Å². The molecule has 0 bridgehead atoms. The van der Waals surface area contributed by atoms with E-state index in [1.165, 1.54) is 5.56 Å². The molecule has 3 aliphatic heterocycles. The van der Waals surface area contributed by atoms with Gasteiger partial charge in [-0.15, -0.1) is 0 Å². The zero-order valence-corrected chi connectivity index (χ0v) is 20.7. The Morgan fingerprint density at radius 1 is 0.895 bits per heavy atom. The zero-order valence-electron chi connectivity index (χ0n) is 20.7. The molecule has 0 saturated carbocycles. The number of pyridine rings is 1. The van der Waals surface area contributed by atoms with Crippen LogP contribution in [0.3, 0.4) is 0 Å². The fraction of sp³-hybridized carbons (Fsp3) is 0.276. The van der Waals surface area contributed by atoms with E-state index < -0.39 is 29.7 Å². The Morgan fingerprint density at radius 2 is 1.68 bits per heavy atom. The van der Waals surface area contributed by atoms with Crippen LogP contribution >= 0.6 is 0 Å². The molecule has 0 spiro atoms. The number of imide groups is 2. The lowest BCUT2D eigenvalue weighted by atomic mass is 9.95. The van der Waals surface area contributed by atoms with Gasteiger partial charge < -0.3 is 5.32 Å². The number of nitrogens with one attached hydrogen (secondary N) is 2. The lowest BCUT2D eigenvalue weighted by Crippen LogP contribution is -2.54. The van der Waals surface area contributed by atoms with Crippen LogP contribution in [0.1, 0.15) is 56.3 Å². The molecule has 3 aromatic rings. The SMILES string of the molecule is O=C1CCC(N2C(=O)c3cccc(NCc4ccc(CN5CC(c6ccccn6)C5)cc4)c3C2=O)C(=O)N1. The number of piperidine rings is 1. The standard InChI is InChI=1S/C29H27N5O4/c35-25-12-11-24(27(36)32-25)34-28(37)21-4-3-6-23(26(21)29(34)38)31-14-18-7-9-19(10-8-18)15-33-16-20(17-33)22-5-1-2-13-30-22/h1-10,13,20,24,31H,11-12,14-17H2,(H,32,35,36). The number of aromatic nitrogens is 1. The average Bonchev–Trinajstić information content (AvgIpc) is 3.16. The van der Waals surface area contributed by atoms with Gasteiger partial charge in [-0.25, -0.2) is 0 Å². The molecule has 38 heavy (non-hydrogen) atoms. The van der Waals surface area contributed by atoms with Crippen LogP contribution in [-0.2, 0) is 22.7 Å². The number of carbonyl (C=O) groups is 4. The molecule has 1 unspecified atom stereocenters. The first-order chi connectivity index (χ1) is 18.5. The quantitative estimate of drug-likeness (QED) is 0.471. The van der Waals surface area contributed by atoms with Gasteiger partial charge in [-0.05, 0) is 41.8 Å². The molecule has 192 valence electrons. The molecule has 2 saturated heterocycles. The molecule has 9 heteroatoms. The second-order valence-corrected chi connectivity index (χ2v) is 9.99.